The second-order valence-electron chi connectivity index (χ2n) is 4.03. The minimum absolute atomic E-state index is 0.0196. The Labute approximate surface area is 119 Å². The first-order chi connectivity index (χ1) is 9.43. The highest BCUT2D eigenvalue weighted by atomic mass is 35.5. The molecule has 0 radical (unpaired) electrons. The molecule has 0 atom stereocenters. The summed E-state index contributed by atoms with van der Waals surface area (Å²) in [5, 5.41) is 0.586. The Kier molecular flexibility index (Phi) is 3.80. The zero-order chi connectivity index (χ0) is 14.9. The van der Waals surface area contributed by atoms with Crippen LogP contribution in [0.4, 0.5) is 5.69 Å². The molecular formula is C12H11ClN2O5. The summed E-state index contributed by atoms with van der Waals surface area (Å²) in [5.74, 6) is -1.92. The van der Waals surface area contributed by atoms with E-state index in [-0.39, 0.29) is 34.9 Å². The maximum atomic E-state index is 12.0. The first kappa shape index (κ1) is 14.1. The number of methoxy groups -OCH3 is 1. The highest BCUT2D eigenvalue weighted by molar-refractivity contribution is 6.33. The Balaban J connectivity index is 2.27. The maximum absolute atomic E-state index is 12.0. The molecule has 1 heterocycles. The van der Waals surface area contributed by atoms with Crippen LogP contribution in [0.2, 0.25) is 5.02 Å². The number of benzene rings is 1. The molecule has 0 aromatic heterocycles. The van der Waals surface area contributed by atoms with Crippen LogP contribution in [0.25, 0.3) is 0 Å². The van der Waals surface area contributed by atoms with Gasteiger partial charge < -0.3 is 15.3 Å². The Morgan fingerprint density at radius 2 is 1.90 bits per heavy atom. The number of hydrogen-bond acceptors (Lipinski definition) is 6. The summed E-state index contributed by atoms with van der Waals surface area (Å²) in [4.78, 5) is 39.5. The van der Waals surface area contributed by atoms with Crippen molar-refractivity contribution in [2.24, 2.45) is 0 Å². The number of halogens is 1. The predicted octanol–water partition coefficient (Wildman–Crippen LogP) is 1.15. The number of amides is 2. The van der Waals surface area contributed by atoms with Crippen molar-refractivity contribution < 1.29 is 24.0 Å². The first-order valence-electron chi connectivity index (χ1n) is 5.65. The molecule has 0 spiro atoms. The second-order valence-corrected chi connectivity index (χ2v) is 4.44. The molecule has 1 aliphatic heterocycles. The number of ether oxygens (including phenoxy) is 1. The zero-order valence-corrected chi connectivity index (χ0v) is 11.3. The number of hydrogen-bond donors (Lipinski definition) is 1. The van der Waals surface area contributed by atoms with E-state index in [1.165, 1.54) is 19.2 Å². The van der Waals surface area contributed by atoms with Crippen LogP contribution >= 0.6 is 11.6 Å². The summed E-state index contributed by atoms with van der Waals surface area (Å²) < 4.78 is 4.99. The van der Waals surface area contributed by atoms with Crippen molar-refractivity contribution in [3.63, 3.8) is 0 Å². The highest BCUT2D eigenvalue weighted by Crippen LogP contribution is 2.29. The molecule has 1 aromatic carbocycles. The average Bonchev–Trinajstić information content (AvgIpc) is 2.73. The largest absolute Gasteiger partial charge is 0.496 e. The number of nitrogen functional groups attached to an aromatic ring is 1. The van der Waals surface area contributed by atoms with Crippen molar-refractivity contribution in [3.05, 3.63) is 22.7 Å². The summed E-state index contributed by atoms with van der Waals surface area (Å²) in [7, 11) is 1.34. The molecule has 1 aliphatic rings. The fourth-order valence-electron chi connectivity index (χ4n) is 1.69. The maximum Gasteiger partial charge on any atom is 0.367 e. The van der Waals surface area contributed by atoms with Crippen molar-refractivity contribution in [3.8, 4) is 5.75 Å². The molecule has 0 unspecified atom stereocenters. The molecule has 1 fully saturated rings. The Morgan fingerprint density at radius 1 is 1.30 bits per heavy atom. The van der Waals surface area contributed by atoms with E-state index in [4.69, 9.17) is 26.9 Å². The minimum Gasteiger partial charge on any atom is -0.496 e. The zero-order valence-electron chi connectivity index (χ0n) is 10.5. The molecule has 0 bridgehead atoms. The lowest BCUT2D eigenvalue weighted by atomic mass is 10.2. The quantitative estimate of drug-likeness (QED) is 0.664. The lowest BCUT2D eigenvalue weighted by Crippen LogP contribution is -2.32. The standard InChI is InChI=1S/C12H11ClN2O5/c1-19-9-5-8(14)7(13)4-6(9)12(18)20-15-10(16)2-3-11(15)17/h4-5H,2-3,14H2,1H3. The molecular weight excluding hydrogens is 288 g/mol. The topological polar surface area (TPSA) is 98.9 Å². The van der Waals surface area contributed by atoms with E-state index in [0.29, 0.717) is 5.06 Å². The molecule has 1 aromatic rings. The fourth-order valence-corrected chi connectivity index (χ4v) is 1.85. The van der Waals surface area contributed by atoms with Crippen molar-refractivity contribution >= 4 is 35.1 Å². The van der Waals surface area contributed by atoms with Gasteiger partial charge in [-0.15, -0.1) is 5.06 Å². The van der Waals surface area contributed by atoms with Gasteiger partial charge >= 0.3 is 5.97 Å². The summed E-state index contributed by atoms with van der Waals surface area (Å²) in [6.45, 7) is 0. The van der Waals surface area contributed by atoms with Crippen LogP contribution in [-0.4, -0.2) is 30.0 Å². The number of rotatable bonds is 3. The van der Waals surface area contributed by atoms with Gasteiger partial charge in [0.2, 0.25) is 0 Å². The molecule has 0 aliphatic carbocycles. The van der Waals surface area contributed by atoms with Crippen LogP contribution in [0.3, 0.4) is 0 Å². The molecule has 2 rings (SSSR count). The third-order valence-electron chi connectivity index (χ3n) is 2.72. The fraction of sp³-hybridized carbons (Fsp3) is 0.250. The molecule has 20 heavy (non-hydrogen) atoms. The van der Waals surface area contributed by atoms with E-state index in [1.807, 2.05) is 0 Å². The molecule has 106 valence electrons. The van der Waals surface area contributed by atoms with Gasteiger partial charge in [-0.05, 0) is 6.07 Å². The highest BCUT2D eigenvalue weighted by Gasteiger charge is 2.33. The third-order valence-corrected chi connectivity index (χ3v) is 3.05. The summed E-state index contributed by atoms with van der Waals surface area (Å²) in [6.07, 6.45) is 0.0392. The van der Waals surface area contributed by atoms with Crippen LogP contribution in [0.5, 0.6) is 5.75 Å². The number of imide groups is 1. The van der Waals surface area contributed by atoms with Gasteiger partial charge in [0.05, 0.1) is 17.8 Å². The predicted molar refractivity (Wildman–Crippen MR) is 68.9 cm³/mol. The van der Waals surface area contributed by atoms with Gasteiger partial charge in [-0.3, -0.25) is 9.59 Å². The van der Waals surface area contributed by atoms with Crippen LogP contribution in [-0.2, 0) is 14.4 Å². The second kappa shape index (κ2) is 5.38. The molecule has 2 amide bonds. The van der Waals surface area contributed by atoms with E-state index in [2.05, 4.69) is 0 Å². The van der Waals surface area contributed by atoms with E-state index >= 15 is 0 Å². The number of hydroxylamine groups is 2. The Hall–Kier alpha value is -2.28. The van der Waals surface area contributed by atoms with E-state index in [1.54, 1.807) is 0 Å². The number of carbonyl (C=O) groups is 3. The molecule has 2 N–H and O–H groups in total. The minimum atomic E-state index is -0.924. The smallest absolute Gasteiger partial charge is 0.367 e. The van der Waals surface area contributed by atoms with Gasteiger partial charge in [0.15, 0.2) is 0 Å². The van der Waals surface area contributed by atoms with Crippen molar-refractivity contribution in [2.45, 2.75) is 12.8 Å². The lowest BCUT2D eigenvalue weighted by Gasteiger charge is -2.14. The Morgan fingerprint density at radius 3 is 2.45 bits per heavy atom. The lowest BCUT2D eigenvalue weighted by molar-refractivity contribution is -0.172. The van der Waals surface area contributed by atoms with Crippen molar-refractivity contribution in [1.82, 2.24) is 5.06 Å². The monoisotopic (exact) mass is 298 g/mol. The number of nitrogens with zero attached hydrogens (tertiary/aromatic N) is 1. The number of anilines is 1. The summed E-state index contributed by atoms with van der Waals surface area (Å²) >= 11 is 5.83. The summed E-state index contributed by atoms with van der Waals surface area (Å²) in [6, 6.07) is 2.61. The van der Waals surface area contributed by atoms with Gasteiger partial charge in [0.25, 0.3) is 11.8 Å². The van der Waals surface area contributed by atoms with Crippen LogP contribution < -0.4 is 10.5 Å². The summed E-state index contributed by atoms with van der Waals surface area (Å²) in [5.41, 5.74) is 5.79. The third kappa shape index (κ3) is 2.53. The normalized spacial score (nSPS) is 14.6. The molecule has 7 nitrogen and oxygen atoms in total. The first-order valence-corrected chi connectivity index (χ1v) is 6.03. The van der Waals surface area contributed by atoms with Gasteiger partial charge in [0, 0.05) is 18.9 Å². The van der Waals surface area contributed by atoms with E-state index < -0.39 is 17.8 Å². The SMILES string of the molecule is COc1cc(N)c(Cl)cc1C(=O)ON1C(=O)CCC1=O. The molecule has 8 heteroatoms. The van der Waals surface area contributed by atoms with Crippen molar-refractivity contribution in [2.75, 3.05) is 12.8 Å². The molecule has 1 saturated heterocycles. The van der Waals surface area contributed by atoms with Crippen LogP contribution in [0.15, 0.2) is 12.1 Å². The van der Waals surface area contributed by atoms with E-state index in [0.717, 1.165) is 0 Å². The number of carbonyl (C=O) groups excluding carboxylic acids is 3. The Bertz CT molecular complexity index is 586. The number of nitrogens with two attached hydrogens (primary N) is 1. The van der Waals surface area contributed by atoms with Gasteiger partial charge in [-0.2, -0.15) is 0 Å². The van der Waals surface area contributed by atoms with Gasteiger partial charge in [0.1, 0.15) is 11.3 Å². The van der Waals surface area contributed by atoms with Gasteiger partial charge in [-0.25, -0.2) is 4.79 Å². The van der Waals surface area contributed by atoms with Crippen LogP contribution in [0, 0.1) is 0 Å². The molecule has 0 saturated carbocycles. The average molecular weight is 299 g/mol. The van der Waals surface area contributed by atoms with Crippen molar-refractivity contribution in [1.29, 1.82) is 0 Å². The van der Waals surface area contributed by atoms with E-state index in [9.17, 15) is 14.4 Å². The van der Waals surface area contributed by atoms with Gasteiger partial charge in [-0.1, -0.05) is 11.6 Å². The van der Waals surface area contributed by atoms with Crippen LogP contribution in [0.1, 0.15) is 23.2 Å².